The number of halogens is 5. The van der Waals surface area contributed by atoms with Crippen molar-refractivity contribution in [1.29, 1.82) is 0 Å². The lowest BCUT2D eigenvalue weighted by atomic mass is 10.3. The van der Waals surface area contributed by atoms with Crippen molar-refractivity contribution in [2.24, 2.45) is 0 Å². The van der Waals surface area contributed by atoms with Crippen LogP contribution in [0.2, 0.25) is 10.0 Å². The Bertz CT molecular complexity index is 645. The highest BCUT2D eigenvalue weighted by molar-refractivity contribution is 6.42. The number of rotatable bonds is 1. The molecule has 0 aliphatic heterocycles. The van der Waals surface area contributed by atoms with Crippen molar-refractivity contribution in [3.8, 4) is 5.69 Å². The van der Waals surface area contributed by atoms with E-state index in [0.717, 1.165) is 4.68 Å². The van der Waals surface area contributed by atoms with Gasteiger partial charge in [-0.15, -0.1) is 0 Å². The number of H-pyrrole nitrogens is 1. The van der Waals surface area contributed by atoms with Crippen LogP contribution in [-0.4, -0.2) is 9.78 Å². The smallest absolute Gasteiger partial charge is 0.286 e. The van der Waals surface area contributed by atoms with E-state index in [0.29, 0.717) is 6.07 Å². The summed E-state index contributed by atoms with van der Waals surface area (Å²) >= 11 is 11.4. The Labute approximate surface area is 109 Å². The van der Waals surface area contributed by atoms with E-state index >= 15 is 0 Å². The van der Waals surface area contributed by atoms with Crippen LogP contribution in [0.25, 0.3) is 5.69 Å². The van der Waals surface area contributed by atoms with E-state index in [1.807, 2.05) is 5.10 Å². The van der Waals surface area contributed by atoms with Crippen molar-refractivity contribution in [3.05, 3.63) is 50.4 Å². The van der Waals surface area contributed by atoms with Gasteiger partial charge in [0.1, 0.15) is 5.69 Å². The fourth-order valence-electron chi connectivity index (χ4n) is 1.36. The minimum absolute atomic E-state index is 0.143. The van der Waals surface area contributed by atoms with Crippen molar-refractivity contribution in [1.82, 2.24) is 9.78 Å². The molecule has 1 aromatic carbocycles. The summed E-state index contributed by atoms with van der Waals surface area (Å²) in [7, 11) is 0. The largest absolute Gasteiger partial charge is 0.432 e. The summed E-state index contributed by atoms with van der Waals surface area (Å²) in [5.41, 5.74) is -1.79. The van der Waals surface area contributed by atoms with Crippen LogP contribution < -0.4 is 5.56 Å². The van der Waals surface area contributed by atoms with Gasteiger partial charge in [-0.3, -0.25) is 9.89 Å². The van der Waals surface area contributed by atoms with Crippen LogP contribution in [0.1, 0.15) is 5.69 Å². The molecule has 0 aliphatic rings. The lowest BCUT2D eigenvalue weighted by Gasteiger charge is -2.05. The van der Waals surface area contributed by atoms with E-state index in [9.17, 15) is 18.0 Å². The van der Waals surface area contributed by atoms with Gasteiger partial charge in [0, 0.05) is 6.07 Å². The second-order valence-electron chi connectivity index (χ2n) is 3.44. The summed E-state index contributed by atoms with van der Waals surface area (Å²) in [6, 6.07) is 4.54. The van der Waals surface area contributed by atoms with E-state index in [-0.39, 0.29) is 15.7 Å². The molecule has 8 heteroatoms. The summed E-state index contributed by atoms with van der Waals surface area (Å²) < 4.78 is 38.0. The van der Waals surface area contributed by atoms with E-state index in [1.54, 1.807) is 0 Å². The number of nitrogens with one attached hydrogen (secondary N) is 1. The lowest BCUT2D eigenvalue weighted by Crippen LogP contribution is -2.13. The van der Waals surface area contributed by atoms with Crippen molar-refractivity contribution < 1.29 is 13.2 Å². The fraction of sp³-hybridized carbons (Fsp3) is 0.100. The van der Waals surface area contributed by atoms with Gasteiger partial charge in [-0.1, -0.05) is 23.2 Å². The van der Waals surface area contributed by atoms with Crippen LogP contribution >= 0.6 is 23.2 Å². The Kier molecular flexibility index (Phi) is 3.16. The summed E-state index contributed by atoms with van der Waals surface area (Å²) in [6.07, 6.45) is -4.61. The average molecular weight is 297 g/mol. The molecular weight excluding hydrogens is 292 g/mol. The van der Waals surface area contributed by atoms with Gasteiger partial charge in [0.25, 0.3) is 5.56 Å². The number of hydrogen-bond donors (Lipinski definition) is 1. The SMILES string of the molecule is O=c1cc(C(F)(F)F)[nH]n1-c1ccc(Cl)c(Cl)c1. The van der Waals surface area contributed by atoms with Crippen molar-refractivity contribution >= 4 is 23.2 Å². The first kappa shape index (κ1) is 13.0. The van der Waals surface area contributed by atoms with Gasteiger partial charge in [0.2, 0.25) is 0 Å². The number of aromatic amines is 1. The molecule has 0 amide bonds. The van der Waals surface area contributed by atoms with Gasteiger partial charge in [-0.05, 0) is 18.2 Å². The maximum Gasteiger partial charge on any atom is 0.432 e. The standard InChI is InChI=1S/C10H5Cl2F3N2O/c11-6-2-1-5(3-7(6)12)17-9(18)4-8(16-17)10(13,14)15/h1-4,16H. The molecule has 1 heterocycles. The van der Waals surface area contributed by atoms with Crippen molar-refractivity contribution in [2.45, 2.75) is 6.18 Å². The molecule has 0 spiro atoms. The van der Waals surface area contributed by atoms with Crippen LogP contribution in [-0.2, 0) is 6.18 Å². The molecule has 2 aromatic rings. The molecule has 0 aliphatic carbocycles. The quantitative estimate of drug-likeness (QED) is 0.859. The van der Waals surface area contributed by atoms with Gasteiger partial charge in [-0.25, -0.2) is 4.68 Å². The second kappa shape index (κ2) is 4.37. The molecule has 3 nitrogen and oxygen atoms in total. The minimum Gasteiger partial charge on any atom is -0.286 e. The average Bonchev–Trinajstić information content (AvgIpc) is 2.64. The van der Waals surface area contributed by atoms with Gasteiger partial charge in [0.05, 0.1) is 15.7 Å². The Morgan fingerprint density at radius 1 is 1.11 bits per heavy atom. The topological polar surface area (TPSA) is 37.8 Å². The third-order valence-corrected chi connectivity index (χ3v) is 2.93. The van der Waals surface area contributed by atoms with Crippen LogP contribution in [0.5, 0.6) is 0 Å². The first-order chi connectivity index (χ1) is 8.29. The third kappa shape index (κ3) is 2.39. The molecule has 0 atom stereocenters. The summed E-state index contributed by atoms with van der Waals surface area (Å²) in [6.45, 7) is 0. The Morgan fingerprint density at radius 2 is 1.78 bits per heavy atom. The molecule has 18 heavy (non-hydrogen) atoms. The minimum atomic E-state index is -4.61. The highest BCUT2D eigenvalue weighted by Gasteiger charge is 2.33. The van der Waals surface area contributed by atoms with Gasteiger partial charge < -0.3 is 0 Å². The lowest BCUT2D eigenvalue weighted by molar-refractivity contribution is -0.141. The Hall–Kier alpha value is -1.40. The summed E-state index contributed by atoms with van der Waals surface area (Å²) in [5.74, 6) is 0. The number of aromatic nitrogens is 2. The zero-order valence-electron chi connectivity index (χ0n) is 8.55. The van der Waals surface area contributed by atoms with Crippen molar-refractivity contribution in [3.63, 3.8) is 0 Å². The van der Waals surface area contributed by atoms with Crippen LogP contribution in [0.3, 0.4) is 0 Å². The van der Waals surface area contributed by atoms with Gasteiger partial charge in [0.15, 0.2) is 0 Å². The predicted molar refractivity (Wildman–Crippen MR) is 61.4 cm³/mol. The molecule has 0 saturated carbocycles. The number of nitrogens with zero attached hydrogens (tertiary/aromatic N) is 1. The van der Waals surface area contributed by atoms with E-state index < -0.39 is 17.4 Å². The zero-order chi connectivity index (χ0) is 13.5. The summed E-state index contributed by atoms with van der Waals surface area (Å²) in [4.78, 5) is 11.4. The molecule has 0 unspecified atom stereocenters. The maximum absolute atomic E-state index is 12.4. The number of alkyl halides is 3. The first-order valence-electron chi connectivity index (χ1n) is 4.64. The van der Waals surface area contributed by atoms with Crippen LogP contribution in [0.15, 0.2) is 29.1 Å². The molecule has 96 valence electrons. The molecule has 0 fully saturated rings. The predicted octanol–water partition coefficient (Wildman–Crippen LogP) is 3.49. The number of benzene rings is 1. The van der Waals surface area contributed by atoms with Crippen molar-refractivity contribution in [2.75, 3.05) is 0 Å². The fourth-order valence-corrected chi connectivity index (χ4v) is 1.65. The monoisotopic (exact) mass is 296 g/mol. The molecule has 0 saturated heterocycles. The van der Waals surface area contributed by atoms with Gasteiger partial charge in [-0.2, -0.15) is 13.2 Å². The summed E-state index contributed by atoms with van der Waals surface area (Å²) in [5, 5.41) is 2.35. The zero-order valence-corrected chi connectivity index (χ0v) is 10.1. The molecule has 2 rings (SSSR count). The highest BCUT2D eigenvalue weighted by Crippen LogP contribution is 2.28. The van der Waals surface area contributed by atoms with E-state index in [2.05, 4.69) is 0 Å². The Balaban J connectivity index is 2.55. The molecular formula is C10H5Cl2F3N2O. The molecule has 0 radical (unpaired) electrons. The second-order valence-corrected chi connectivity index (χ2v) is 4.25. The molecule has 1 N–H and O–H groups in total. The normalized spacial score (nSPS) is 11.8. The van der Waals surface area contributed by atoms with E-state index in [4.69, 9.17) is 23.2 Å². The van der Waals surface area contributed by atoms with Crippen LogP contribution in [0.4, 0.5) is 13.2 Å². The molecule has 1 aromatic heterocycles. The first-order valence-corrected chi connectivity index (χ1v) is 5.39. The highest BCUT2D eigenvalue weighted by atomic mass is 35.5. The number of hydrogen-bond acceptors (Lipinski definition) is 1. The maximum atomic E-state index is 12.4. The van der Waals surface area contributed by atoms with Crippen LogP contribution in [0, 0.1) is 0 Å². The third-order valence-electron chi connectivity index (χ3n) is 2.19. The molecule has 0 bridgehead atoms. The van der Waals surface area contributed by atoms with E-state index in [1.165, 1.54) is 18.2 Å². The Morgan fingerprint density at radius 3 is 2.28 bits per heavy atom. The van der Waals surface area contributed by atoms with Gasteiger partial charge >= 0.3 is 6.18 Å².